The number of likely N-dealkylation sites (N-methyl/N-ethyl adjacent to an activating group) is 1. The van der Waals surface area contributed by atoms with Gasteiger partial charge >= 0.3 is 0 Å². The van der Waals surface area contributed by atoms with Crippen LogP contribution >= 0.6 is 0 Å². The molecule has 0 spiro atoms. The lowest BCUT2D eigenvalue weighted by molar-refractivity contribution is 0.316. The molecule has 1 rings (SSSR count). The summed E-state index contributed by atoms with van der Waals surface area (Å²) in [7, 11) is 1.93. The van der Waals surface area contributed by atoms with Crippen molar-refractivity contribution in [1.29, 1.82) is 0 Å². The Morgan fingerprint density at radius 3 is 2.64 bits per heavy atom. The van der Waals surface area contributed by atoms with Crippen molar-refractivity contribution >= 4 is 5.82 Å². The molecule has 0 aliphatic carbocycles. The Morgan fingerprint density at radius 1 is 1.43 bits per heavy atom. The lowest BCUT2D eigenvalue weighted by Gasteiger charge is -2.17. The number of rotatable bonds is 6. The van der Waals surface area contributed by atoms with Gasteiger partial charge in [-0.1, -0.05) is 13.8 Å². The van der Waals surface area contributed by atoms with Gasteiger partial charge in [-0.2, -0.15) is 5.10 Å². The topological polar surface area (TPSA) is 33.1 Å². The van der Waals surface area contributed by atoms with E-state index < -0.39 is 0 Å². The first kappa shape index (κ1) is 11.0. The summed E-state index contributed by atoms with van der Waals surface area (Å²) in [6, 6.07) is 1.99. The normalized spacial score (nSPS) is 10.9. The van der Waals surface area contributed by atoms with E-state index in [1.807, 2.05) is 19.3 Å². The van der Waals surface area contributed by atoms with Crippen molar-refractivity contribution in [1.82, 2.24) is 14.7 Å². The molecule has 4 heteroatoms. The highest BCUT2D eigenvalue weighted by molar-refractivity contribution is 5.31. The van der Waals surface area contributed by atoms with E-state index in [1.165, 1.54) is 0 Å². The Balaban J connectivity index is 2.21. The molecule has 1 aromatic heterocycles. The average molecular weight is 196 g/mol. The summed E-state index contributed by atoms with van der Waals surface area (Å²) < 4.78 is 1.81. The maximum absolute atomic E-state index is 4.25. The van der Waals surface area contributed by atoms with Crippen LogP contribution in [0.25, 0.3) is 0 Å². The SMILES string of the molecule is CCN(CC)CCNc1ccn(C)n1. The maximum Gasteiger partial charge on any atom is 0.148 e. The molecule has 1 aromatic rings. The molecule has 0 bridgehead atoms. The summed E-state index contributed by atoms with van der Waals surface area (Å²) in [5.41, 5.74) is 0. The number of hydrogen-bond acceptors (Lipinski definition) is 3. The van der Waals surface area contributed by atoms with Crippen LogP contribution in [-0.4, -0.2) is 40.9 Å². The minimum atomic E-state index is 0.957. The third-order valence-electron chi connectivity index (χ3n) is 2.34. The van der Waals surface area contributed by atoms with Gasteiger partial charge in [-0.25, -0.2) is 0 Å². The van der Waals surface area contributed by atoms with Crippen molar-refractivity contribution < 1.29 is 0 Å². The smallest absolute Gasteiger partial charge is 0.148 e. The van der Waals surface area contributed by atoms with E-state index in [9.17, 15) is 0 Å². The molecule has 0 atom stereocenters. The Kier molecular flexibility index (Phi) is 4.46. The summed E-state index contributed by atoms with van der Waals surface area (Å²) in [5, 5.41) is 7.54. The van der Waals surface area contributed by atoms with Crippen LogP contribution in [0.3, 0.4) is 0 Å². The summed E-state index contributed by atoms with van der Waals surface area (Å²) in [4.78, 5) is 2.38. The van der Waals surface area contributed by atoms with Gasteiger partial charge in [0.1, 0.15) is 5.82 Å². The monoisotopic (exact) mass is 196 g/mol. The van der Waals surface area contributed by atoms with Crippen LogP contribution in [0.1, 0.15) is 13.8 Å². The highest BCUT2D eigenvalue weighted by atomic mass is 15.3. The van der Waals surface area contributed by atoms with Crippen molar-refractivity contribution in [3.05, 3.63) is 12.3 Å². The summed E-state index contributed by atoms with van der Waals surface area (Å²) in [6.07, 6.45) is 1.94. The molecule has 4 nitrogen and oxygen atoms in total. The molecular formula is C10H20N4. The second kappa shape index (κ2) is 5.65. The number of anilines is 1. The summed E-state index contributed by atoms with van der Waals surface area (Å²) in [5.74, 6) is 0.958. The molecule has 0 aromatic carbocycles. The Hall–Kier alpha value is -1.03. The fourth-order valence-corrected chi connectivity index (χ4v) is 1.39. The third kappa shape index (κ3) is 3.38. The van der Waals surface area contributed by atoms with Gasteiger partial charge in [0, 0.05) is 32.4 Å². The molecule has 0 aliphatic rings. The molecule has 80 valence electrons. The summed E-state index contributed by atoms with van der Waals surface area (Å²) in [6.45, 7) is 8.62. The molecule has 0 saturated heterocycles. The second-order valence-corrected chi connectivity index (χ2v) is 3.33. The van der Waals surface area contributed by atoms with Crippen LogP contribution in [0, 0.1) is 0 Å². The van der Waals surface area contributed by atoms with E-state index in [4.69, 9.17) is 0 Å². The third-order valence-corrected chi connectivity index (χ3v) is 2.34. The van der Waals surface area contributed by atoms with Gasteiger partial charge < -0.3 is 10.2 Å². The molecule has 0 radical (unpaired) electrons. The van der Waals surface area contributed by atoms with Gasteiger partial charge in [-0.05, 0) is 13.1 Å². The number of aromatic nitrogens is 2. The minimum Gasteiger partial charge on any atom is -0.367 e. The molecule has 14 heavy (non-hydrogen) atoms. The molecule has 0 aliphatic heterocycles. The fourth-order valence-electron chi connectivity index (χ4n) is 1.39. The molecule has 1 heterocycles. The molecule has 0 saturated carbocycles. The molecule has 1 N–H and O–H groups in total. The van der Waals surface area contributed by atoms with Crippen LogP contribution in [0.4, 0.5) is 5.82 Å². The number of nitrogens with one attached hydrogen (secondary N) is 1. The highest BCUT2D eigenvalue weighted by Crippen LogP contribution is 1.99. The number of hydrogen-bond donors (Lipinski definition) is 1. The quantitative estimate of drug-likeness (QED) is 0.741. The second-order valence-electron chi connectivity index (χ2n) is 3.33. The molecule has 0 amide bonds. The first-order valence-electron chi connectivity index (χ1n) is 5.22. The van der Waals surface area contributed by atoms with Crippen LogP contribution < -0.4 is 5.32 Å². The predicted octanol–water partition coefficient (Wildman–Crippen LogP) is 1.17. The van der Waals surface area contributed by atoms with Gasteiger partial charge in [0.15, 0.2) is 0 Å². The van der Waals surface area contributed by atoms with Crippen molar-refractivity contribution in [3.8, 4) is 0 Å². The molecule has 0 unspecified atom stereocenters. The lowest BCUT2D eigenvalue weighted by atomic mass is 10.4. The Bertz CT molecular complexity index is 252. The first-order valence-corrected chi connectivity index (χ1v) is 5.22. The van der Waals surface area contributed by atoms with Crippen LogP contribution in [0.2, 0.25) is 0 Å². The largest absolute Gasteiger partial charge is 0.367 e. The van der Waals surface area contributed by atoms with Gasteiger partial charge in [-0.3, -0.25) is 4.68 Å². The minimum absolute atomic E-state index is 0.957. The zero-order valence-corrected chi connectivity index (χ0v) is 9.32. The zero-order chi connectivity index (χ0) is 10.4. The van der Waals surface area contributed by atoms with E-state index in [0.29, 0.717) is 0 Å². The van der Waals surface area contributed by atoms with Crippen molar-refractivity contribution in [3.63, 3.8) is 0 Å². The lowest BCUT2D eigenvalue weighted by Crippen LogP contribution is -2.28. The van der Waals surface area contributed by atoms with Gasteiger partial charge in [0.05, 0.1) is 0 Å². The first-order chi connectivity index (χ1) is 6.76. The van der Waals surface area contributed by atoms with Crippen LogP contribution in [-0.2, 0) is 7.05 Å². The number of aryl methyl sites for hydroxylation is 1. The van der Waals surface area contributed by atoms with Crippen molar-refractivity contribution in [2.45, 2.75) is 13.8 Å². The van der Waals surface area contributed by atoms with Crippen molar-refractivity contribution in [2.24, 2.45) is 7.05 Å². The van der Waals surface area contributed by atoms with Gasteiger partial charge in [0.25, 0.3) is 0 Å². The fraction of sp³-hybridized carbons (Fsp3) is 0.700. The Morgan fingerprint density at radius 2 is 2.14 bits per heavy atom. The van der Waals surface area contributed by atoms with Crippen LogP contribution in [0.15, 0.2) is 12.3 Å². The molecule has 0 fully saturated rings. The van der Waals surface area contributed by atoms with E-state index in [1.54, 1.807) is 4.68 Å². The van der Waals surface area contributed by atoms with E-state index in [-0.39, 0.29) is 0 Å². The molecular weight excluding hydrogens is 176 g/mol. The number of nitrogens with zero attached hydrogens (tertiary/aromatic N) is 3. The summed E-state index contributed by atoms with van der Waals surface area (Å²) >= 11 is 0. The van der Waals surface area contributed by atoms with Crippen LogP contribution in [0.5, 0.6) is 0 Å². The van der Waals surface area contributed by atoms with Gasteiger partial charge in [-0.15, -0.1) is 0 Å². The maximum atomic E-state index is 4.25. The highest BCUT2D eigenvalue weighted by Gasteiger charge is 1.99. The standard InChI is InChI=1S/C10H20N4/c1-4-14(5-2)9-7-11-10-6-8-13(3)12-10/h6,8H,4-5,7,9H2,1-3H3,(H,11,12). The zero-order valence-electron chi connectivity index (χ0n) is 9.32. The average Bonchev–Trinajstić information content (AvgIpc) is 2.59. The Labute approximate surface area is 85.9 Å². The predicted molar refractivity (Wildman–Crippen MR) is 59.5 cm³/mol. The van der Waals surface area contributed by atoms with E-state index >= 15 is 0 Å². The van der Waals surface area contributed by atoms with Crippen molar-refractivity contribution in [2.75, 3.05) is 31.5 Å². The van der Waals surface area contributed by atoms with E-state index in [2.05, 4.69) is 29.2 Å². The van der Waals surface area contributed by atoms with E-state index in [0.717, 1.165) is 32.0 Å². The van der Waals surface area contributed by atoms with Gasteiger partial charge in [0.2, 0.25) is 0 Å².